The number of morpholine rings is 1. The Hall–Kier alpha value is -3.17. The van der Waals surface area contributed by atoms with E-state index in [1.165, 1.54) is 25.3 Å². The topological polar surface area (TPSA) is 67.9 Å². The fraction of sp³-hybridized carbons (Fsp3) is 0.333. The quantitative estimate of drug-likeness (QED) is 0.502. The Kier molecular flexibility index (Phi) is 8.24. The number of benzene rings is 2. The molecule has 1 saturated heterocycles. The summed E-state index contributed by atoms with van der Waals surface area (Å²) in [4.78, 5) is 25.9. The SMILES string of the molecule is COC(=O)c1ccc(/C=C/C(=O)NCC(c2ccc(C(F)(F)F)cc2)N2CCOCC2)cc1. The van der Waals surface area contributed by atoms with Crippen LogP contribution in [0.2, 0.25) is 0 Å². The summed E-state index contributed by atoms with van der Waals surface area (Å²) in [6.07, 6.45) is -1.42. The molecule has 1 aliphatic rings. The van der Waals surface area contributed by atoms with Gasteiger partial charge in [0.2, 0.25) is 5.91 Å². The molecule has 3 rings (SSSR count). The maximum atomic E-state index is 12.9. The Morgan fingerprint density at radius 1 is 1.09 bits per heavy atom. The van der Waals surface area contributed by atoms with Crippen LogP contribution < -0.4 is 5.32 Å². The molecule has 0 saturated carbocycles. The van der Waals surface area contributed by atoms with Crippen LogP contribution in [0.25, 0.3) is 6.08 Å². The lowest BCUT2D eigenvalue weighted by atomic mass is 10.0. The fourth-order valence-corrected chi connectivity index (χ4v) is 3.52. The number of alkyl halides is 3. The molecule has 0 spiro atoms. The maximum Gasteiger partial charge on any atom is 0.416 e. The van der Waals surface area contributed by atoms with Crippen LogP contribution in [-0.2, 0) is 20.4 Å². The first kappa shape index (κ1) is 24.5. The first-order valence-electron chi connectivity index (χ1n) is 10.4. The molecule has 9 heteroatoms. The van der Waals surface area contributed by atoms with E-state index in [1.807, 2.05) is 0 Å². The lowest BCUT2D eigenvalue weighted by molar-refractivity contribution is -0.137. The van der Waals surface area contributed by atoms with Crippen LogP contribution in [0.3, 0.4) is 0 Å². The molecule has 1 aliphatic heterocycles. The predicted octanol–water partition coefficient (Wildman–Crippen LogP) is 3.69. The molecule has 2 aromatic carbocycles. The molecule has 0 aliphatic carbocycles. The molecule has 2 aromatic rings. The van der Waals surface area contributed by atoms with Crippen molar-refractivity contribution in [1.29, 1.82) is 0 Å². The molecule has 0 bridgehead atoms. The number of amides is 1. The largest absolute Gasteiger partial charge is 0.465 e. The molecular formula is C24H25F3N2O4. The van der Waals surface area contributed by atoms with Crippen molar-refractivity contribution >= 4 is 18.0 Å². The van der Waals surface area contributed by atoms with Crippen molar-refractivity contribution in [3.8, 4) is 0 Å². The number of hydrogen-bond acceptors (Lipinski definition) is 5. The second-order valence-electron chi connectivity index (χ2n) is 7.48. The normalized spacial score (nSPS) is 15.9. The second-order valence-corrected chi connectivity index (χ2v) is 7.48. The van der Waals surface area contributed by atoms with E-state index in [2.05, 4.69) is 15.0 Å². The molecule has 1 N–H and O–H groups in total. The first-order chi connectivity index (χ1) is 15.8. The van der Waals surface area contributed by atoms with Gasteiger partial charge in [0.1, 0.15) is 0 Å². The summed E-state index contributed by atoms with van der Waals surface area (Å²) >= 11 is 0. The van der Waals surface area contributed by atoms with Crippen LogP contribution >= 0.6 is 0 Å². The maximum absolute atomic E-state index is 12.9. The van der Waals surface area contributed by atoms with Crippen LogP contribution in [0.5, 0.6) is 0 Å². The summed E-state index contributed by atoms with van der Waals surface area (Å²) < 4.78 is 48.8. The Balaban J connectivity index is 1.65. The van der Waals surface area contributed by atoms with Crippen molar-refractivity contribution in [2.24, 2.45) is 0 Å². The summed E-state index contributed by atoms with van der Waals surface area (Å²) in [5, 5.41) is 2.83. The van der Waals surface area contributed by atoms with Crippen LogP contribution in [0.1, 0.15) is 33.1 Å². The zero-order valence-corrected chi connectivity index (χ0v) is 18.1. The molecule has 33 heavy (non-hydrogen) atoms. The number of nitrogens with zero attached hydrogens (tertiary/aromatic N) is 1. The van der Waals surface area contributed by atoms with E-state index in [-0.39, 0.29) is 18.5 Å². The van der Waals surface area contributed by atoms with Gasteiger partial charge in [0.25, 0.3) is 0 Å². The van der Waals surface area contributed by atoms with Crippen molar-refractivity contribution in [3.63, 3.8) is 0 Å². The zero-order valence-electron chi connectivity index (χ0n) is 18.1. The van der Waals surface area contributed by atoms with Gasteiger partial charge in [-0.25, -0.2) is 4.79 Å². The van der Waals surface area contributed by atoms with E-state index in [9.17, 15) is 22.8 Å². The van der Waals surface area contributed by atoms with Crippen molar-refractivity contribution in [3.05, 3.63) is 76.9 Å². The van der Waals surface area contributed by atoms with Gasteiger partial charge in [-0.2, -0.15) is 13.2 Å². The molecule has 0 aromatic heterocycles. The third-order valence-electron chi connectivity index (χ3n) is 5.34. The average molecular weight is 462 g/mol. The molecule has 0 radical (unpaired) electrons. The van der Waals surface area contributed by atoms with Gasteiger partial charge in [-0.3, -0.25) is 9.69 Å². The molecular weight excluding hydrogens is 437 g/mol. The predicted molar refractivity (Wildman–Crippen MR) is 116 cm³/mol. The van der Waals surface area contributed by atoms with Gasteiger partial charge < -0.3 is 14.8 Å². The van der Waals surface area contributed by atoms with E-state index in [0.29, 0.717) is 37.4 Å². The number of carbonyl (C=O) groups is 2. The van der Waals surface area contributed by atoms with E-state index in [0.717, 1.165) is 17.7 Å². The summed E-state index contributed by atoms with van der Waals surface area (Å²) in [5.41, 5.74) is 1.11. The molecule has 1 unspecified atom stereocenters. The second kappa shape index (κ2) is 11.1. The molecule has 176 valence electrons. The number of carbonyl (C=O) groups excluding carboxylic acids is 2. The number of hydrogen-bond donors (Lipinski definition) is 1. The van der Waals surface area contributed by atoms with E-state index >= 15 is 0 Å². The van der Waals surface area contributed by atoms with Gasteiger partial charge in [0.05, 0.1) is 37.5 Å². The highest BCUT2D eigenvalue weighted by Gasteiger charge is 2.31. The zero-order chi connectivity index (χ0) is 23.8. The summed E-state index contributed by atoms with van der Waals surface area (Å²) in [7, 11) is 1.30. The Morgan fingerprint density at radius 2 is 1.73 bits per heavy atom. The minimum atomic E-state index is -4.40. The number of ether oxygens (including phenoxy) is 2. The van der Waals surface area contributed by atoms with Crippen molar-refractivity contribution in [2.45, 2.75) is 12.2 Å². The number of esters is 1. The van der Waals surface area contributed by atoms with Gasteiger partial charge in [0.15, 0.2) is 0 Å². The van der Waals surface area contributed by atoms with Gasteiger partial charge in [-0.05, 0) is 41.5 Å². The van der Waals surface area contributed by atoms with Crippen LogP contribution in [0.4, 0.5) is 13.2 Å². The van der Waals surface area contributed by atoms with Gasteiger partial charge in [-0.15, -0.1) is 0 Å². The number of nitrogens with one attached hydrogen (secondary N) is 1. The lowest BCUT2D eigenvalue weighted by Gasteiger charge is -2.35. The first-order valence-corrected chi connectivity index (χ1v) is 10.4. The Morgan fingerprint density at radius 3 is 2.30 bits per heavy atom. The monoisotopic (exact) mass is 462 g/mol. The van der Waals surface area contributed by atoms with E-state index < -0.39 is 17.7 Å². The average Bonchev–Trinajstić information content (AvgIpc) is 2.83. The van der Waals surface area contributed by atoms with E-state index in [4.69, 9.17) is 4.74 Å². The minimum absolute atomic E-state index is 0.232. The molecule has 1 atom stereocenters. The van der Waals surface area contributed by atoms with Gasteiger partial charge in [0, 0.05) is 25.7 Å². The number of halogens is 3. The Labute approximate surface area is 190 Å². The van der Waals surface area contributed by atoms with Crippen LogP contribution in [0, 0.1) is 0 Å². The third kappa shape index (κ3) is 6.90. The minimum Gasteiger partial charge on any atom is -0.465 e. The summed E-state index contributed by atoms with van der Waals surface area (Å²) in [5.74, 6) is -0.780. The molecule has 6 nitrogen and oxygen atoms in total. The fourth-order valence-electron chi connectivity index (χ4n) is 3.52. The molecule has 1 heterocycles. The van der Waals surface area contributed by atoms with Crippen molar-refractivity contribution in [1.82, 2.24) is 10.2 Å². The number of methoxy groups -OCH3 is 1. The van der Waals surface area contributed by atoms with E-state index in [1.54, 1.807) is 30.3 Å². The highest BCUT2D eigenvalue weighted by molar-refractivity contribution is 5.92. The standard InChI is InChI=1S/C24H25F3N2O4/c1-32-23(31)19-5-2-17(3-6-19)4-11-22(30)28-16-21(29-12-14-33-15-13-29)18-7-9-20(10-8-18)24(25,26)27/h2-11,21H,12-16H2,1H3,(H,28,30)/b11-4+. The van der Waals surface area contributed by atoms with Crippen molar-refractivity contribution in [2.75, 3.05) is 40.0 Å². The highest BCUT2D eigenvalue weighted by Crippen LogP contribution is 2.31. The highest BCUT2D eigenvalue weighted by atomic mass is 19.4. The molecule has 1 fully saturated rings. The molecule has 1 amide bonds. The van der Waals surface area contributed by atoms with Gasteiger partial charge in [-0.1, -0.05) is 24.3 Å². The summed E-state index contributed by atoms with van der Waals surface area (Å²) in [6, 6.07) is 11.3. The smallest absolute Gasteiger partial charge is 0.416 e. The Bertz CT molecular complexity index is 967. The van der Waals surface area contributed by atoms with Crippen LogP contribution in [0.15, 0.2) is 54.6 Å². The summed E-state index contributed by atoms with van der Waals surface area (Å²) in [6.45, 7) is 2.50. The number of rotatable bonds is 7. The van der Waals surface area contributed by atoms with Crippen LogP contribution in [-0.4, -0.2) is 56.7 Å². The third-order valence-corrected chi connectivity index (χ3v) is 5.34. The van der Waals surface area contributed by atoms with Gasteiger partial charge >= 0.3 is 12.1 Å². The lowest BCUT2D eigenvalue weighted by Crippen LogP contribution is -2.43. The van der Waals surface area contributed by atoms with Crippen molar-refractivity contribution < 1.29 is 32.2 Å².